The van der Waals surface area contributed by atoms with Crippen molar-refractivity contribution in [3.63, 3.8) is 0 Å². The van der Waals surface area contributed by atoms with E-state index in [0.29, 0.717) is 0 Å². The number of aryl methyl sites for hydroxylation is 1. The van der Waals surface area contributed by atoms with E-state index in [1.807, 2.05) is 0 Å². The lowest BCUT2D eigenvalue weighted by atomic mass is 10.1. The summed E-state index contributed by atoms with van der Waals surface area (Å²) in [6, 6.07) is 4.78. The summed E-state index contributed by atoms with van der Waals surface area (Å²) >= 11 is 0. The molecule has 0 saturated heterocycles. The smallest absolute Gasteiger partial charge is 0.416 e. The summed E-state index contributed by atoms with van der Waals surface area (Å²) in [5.41, 5.74) is 0.418. The number of nitriles is 2. The van der Waals surface area contributed by atoms with Crippen LogP contribution in [0, 0.1) is 47.0 Å². The van der Waals surface area contributed by atoms with Gasteiger partial charge < -0.3 is 4.74 Å². The van der Waals surface area contributed by atoms with E-state index in [0.717, 1.165) is 12.1 Å². The number of anilines is 1. The molecule has 2 aromatic rings. The summed E-state index contributed by atoms with van der Waals surface area (Å²) in [7, 11) is 0. The number of hydrogen-bond acceptors (Lipinski definition) is 5. The van der Waals surface area contributed by atoms with Crippen molar-refractivity contribution in [2.75, 3.05) is 5.43 Å². The second-order valence-electron chi connectivity index (χ2n) is 5.26. The van der Waals surface area contributed by atoms with E-state index in [4.69, 9.17) is 15.3 Å². The van der Waals surface area contributed by atoms with Crippen LogP contribution in [0.3, 0.4) is 0 Å². The van der Waals surface area contributed by atoms with Crippen molar-refractivity contribution in [3.8, 4) is 23.6 Å². The van der Waals surface area contributed by atoms with Gasteiger partial charge in [0.15, 0.2) is 29.0 Å². The van der Waals surface area contributed by atoms with Crippen molar-refractivity contribution in [2.24, 2.45) is 5.10 Å². The van der Waals surface area contributed by atoms with Gasteiger partial charge in [-0.2, -0.15) is 28.8 Å². The molecule has 0 radical (unpaired) electrons. The highest BCUT2D eigenvalue weighted by Crippen LogP contribution is 2.37. The van der Waals surface area contributed by atoms with Crippen LogP contribution in [0.5, 0.6) is 11.5 Å². The molecule has 28 heavy (non-hydrogen) atoms. The first-order valence-electron chi connectivity index (χ1n) is 7.25. The molecule has 1 N–H and O–H groups in total. The van der Waals surface area contributed by atoms with Crippen LogP contribution in [0.1, 0.15) is 11.1 Å². The van der Waals surface area contributed by atoms with Crippen molar-refractivity contribution in [2.45, 2.75) is 13.1 Å². The number of ether oxygens (including phenoxy) is 1. The number of benzene rings is 2. The maximum Gasteiger partial charge on any atom is 0.416 e. The normalized spacial score (nSPS) is 10.6. The minimum atomic E-state index is -4.98. The Morgan fingerprint density at radius 1 is 1.00 bits per heavy atom. The van der Waals surface area contributed by atoms with Crippen LogP contribution in [0.25, 0.3) is 0 Å². The highest BCUT2D eigenvalue weighted by Gasteiger charge is 2.33. The third-order valence-corrected chi connectivity index (χ3v) is 3.32. The van der Waals surface area contributed by atoms with Crippen LogP contribution in [-0.4, -0.2) is 5.71 Å². The second-order valence-corrected chi connectivity index (χ2v) is 5.26. The molecule has 0 aromatic heterocycles. The lowest BCUT2D eigenvalue weighted by Crippen LogP contribution is -2.07. The van der Waals surface area contributed by atoms with Gasteiger partial charge in [0.25, 0.3) is 0 Å². The summed E-state index contributed by atoms with van der Waals surface area (Å²) in [5.74, 6) is -6.39. The fourth-order valence-corrected chi connectivity index (χ4v) is 1.97. The molecular weight excluding hydrogens is 390 g/mol. The number of nitrogens with zero attached hydrogens (tertiary/aromatic N) is 3. The molecule has 0 fully saturated rings. The Balaban J connectivity index is 2.42. The fraction of sp³-hybridized carbons (Fsp3) is 0.118. The summed E-state index contributed by atoms with van der Waals surface area (Å²) in [6.07, 6.45) is -4.98. The monoisotopic (exact) mass is 398 g/mol. The van der Waals surface area contributed by atoms with E-state index in [2.05, 4.69) is 10.5 Å². The zero-order valence-electron chi connectivity index (χ0n) is 13.8. The Morgan fingerprint density at radius 3 is 2.07 bits per heavy atom. The van der Waals surface area contributed by atoms with Gasteiger partial charge in [-0.3, -0.25) is 5.43 Å². The van der Waals surface area contributed by atoms with E-state index in [-0.39, 0.29) is 23.4 Å². The molecule has 0 aliphatic carbocycles. The van der Waals surface area contributed by atoms with Crippen molar-refractivity contribution < 1.29 is 31.1 Å². The zero-order valence-corrected chi connectivity index (χ0v) is 13.8. The molecule has 0 atom stereocenters. The van der Waals surface area contributed by atoms with Gasteiger partial charge in [-0.15, -0.1) is 0 Å². The lowest BCUT2D eigenvalue weighted by molar-refractivity contribution is -0.138. The molecule has 5 nitrogen and oxygen atoms in total. The number of halogens is 6. The maximum atomic E-state index is 14.1. The topological polar surface area (TPSA) is 81.2 Å². The third-order valence-electron chi connectivity index (χ3n) is 3.32. The van der Waals surface area contributed by atoms with Gasteiger partial charge >= 0.3 is 6.18 Å². The molecule has 0 spiro atoms. The predicted octanol–water partition coefficient (Wildman–Crippen LogP) is 5.04. The highest BCUT2D eigenvalue weighted by atomic mass is 19.4. The van der Waals surface area contributed by atoms with E-state index in [9.17, 15) is 26.3 Å². The molecule has 144 valence electrons. The number of nitrogens with one attached hydrogen (secondary N) is 1. The average Bonchev–Trinajstić information content (AvgIpc) is 2.60. The standard InChI is InChI=1S/C17H8F6N4O/c1-8-2-11(18)15(5-14(8)27-26-10(6-24)7-25)28-16-12(19)3-9(4-13(16)20)17(21,22)23/h2-5,27H,1H3. The Morgan fingerprint density at radius 2 is 1.57 bits per heavy atom. The maximum absolute atomic E-state index is 14.1. The summed E-state index contributed by atoms with van der Waals surface area (Å²) in [4.78, 5) is 0. The summed E-state index contributed by atoms with van der Waals surface area (Å²) in [5, 5.41) is 20.7. The SMILES string of the molecule is Cc1cc(F)c(Oc2c(F)cc(C(F)(F)F)cc2F)cc1NN=C(C#N)C#N. The van der Waals surface area contributed by atoms with Crippen molar-refractivity contribution in [3.05, 3.63) is 52.8 Å². The number of hydrogen-bond donors (Lipinski definition) is 1. The Kier molecular flexibility index (Phi) is 5.79. The molecule has 2 aromatic carbocycles. The molecule has 2 rings (SSSR count). The Hall–Kier alpha value is -3.73. The minimum absolute atomic E-state index is 0.0140. The molecule has 0 heterocycles. The largest absolute Gasteiger partial charge is 0.448 e. The molecule has 0 bridgehead atoms. The van der Waals surface area contributed by atoms with E-state index >= 15 is 0 Å². The minimum Gasteiger partial charge on any atom is -0.448 e. The van der Waals surface area contributed by atoms with Crippen molar-refractivity contribution in [1.29, 1.82) is 10.5 Å². The van der Waals surface area contributed by atoms with Crippen LogP contribution in [0.2, 0.25) is 0 Å². The first kappa shape index (κ1) is 20.6. The molecule has 0 unspecified atom stereocenters. The van der Waals surface area contributed by atoms with Crippen LogP contribution >= 0.6 is 0 Å². The highest BCUT2D eigenvalue weighted by molar-refractivity contribution is 6.10. The fourth-order valence-electron chi connectivity index (χ4n) is 1.97. The molecule has 11 heteroatoms. The van der Waals surface area contributed by atoms with Crippen molar-refractivity contribution in [1.82, 2.24) is 0 Å². The molecule has 0 saturated carbocycles. The van der Waals surface area contributed by atoms with Gasteiger partial charge in [0, 0.05) is 6.07 Å². The average molecular weight is 398 g/mol. The van der Waals surface area contributed by atoms with Crippen LogP contribution in [0.4, 0.5) is 32.0 Å². The first-order valence-corrected chi connectivity index (χ1v) is 7.25. The molecular formula is C17H8F6N4O. The van der Waals surface area contributed by atoms with Gasteiger partial charge in [0.1, 0.15) is 12.1 Å². The second kappa shape index (κ2) is 7.88. The molecule has 0 aliphatic rings. The van der Waals surface area contributed by atoms with Crippen LogP contribution < -0.4 is 10.2 Å². The first-order chi connectivity index (χ1) is 13.1. The lowest BCUT2D eigenvalue weighted by Gasteiger charge is -2.14. The van der Waals surface area contributed by atoms with Gasteiger partial charge in [-0.05, 0) is 30.7 Å². The van der Waals surface area contributed by atoms with E-state index in [1.54, 1.807) is 0 Å². The number of rotatable bonds is 4. The third kappa shape index (κ3) is 4.51. The molecule has 0 amide bonds. The summed E-state index contributed by atoms with van der Waals surface area (Å²) in [6.45, 7) is 1.42. The predicted molar refractivity (Wildman–Crippen MR) is 84.9 cm³/mol. The van der Waals surface area contributed by atoms with Gasteiger partial charge in [-0.1, -0.05) is 0 Å². The quantitative estimate of drug-likeness (QED) is 0.445. The van der Waals surface area contributed by atoms with Crippen molar-refractivity contribution >= 4 is 11.4 Å². The van der Waals surface area contributed by atoms with Gasteiger partial charge in [0.05, 0.1) is 11.3 Å². The summed E-state index contributed by atoms with van der Waals surface area (Å²) < 4.78 is 84.3. The molecule has 0 aliphatic heterocycles. The number of alkyl halides is 3. The van der Waals surface area contributed by atoms with Gasteiger partial charge in [0.2, 0.25) is 5.71 Å². The van der Waals surface area contributed by atoms with Gasteiger partial charge in [-0.25, -0.2) is 13.2 Å². The van der Waals surface area contributed by atoms with Crippen LogP contribution in [0.15, 0.2) is 29.4 Å². The van der Waals surface area contributed by atoms with E-state index in [1.165, 1.54) is 19.1 Å². The Labute approximate surface area is 154 Å². The Bertz CT molecular complexity index is 995. The van der Waals surface area contributed by atoms with E-state index < -0.39 is 46.4 Å². The number of hydrazone groups is 1. The van der Waals surface area contributed by atoms with Crippen LogP contribution in [-0.2, 0) is 6.18 Å². The zero-order chi connectivity index (χ0) is 21.1.